The maximum atomic E-state index is 9.15. The highest BCUT2D eigenvalue weighted by atomic mass is 16.4. The van der Waals surface area contributed by atoms with Gasteiger partial charge in [0.05, 0.1) is 6.10 Å². The third-order valence-electron chi connectivity index (χ3n) is 1.20. The van der Waals surface area contributed by atoms with Gasteiger partial charge < -0.3 is 10.3 Å². The first-order valence-corrected chi connectivity index (χ1v) is 3.50. The lowest BCUT2D eigenvalue weighted by Crippen LogP contribution is -2.10. The van der Waals surface area contributed by atoms with Gasteiger partial charge in [0.25, 0.3) is 0 Å². The van der Waals surface area contributed by atoms with Crippen molar-refractivity contribution >= 4 is 6.21 Å². The van der Waals surface area contributed by atoms with E-state index in [-0.39, 0.29) is 6.10 Å². The number of aliphatic hydroxyl groups excluding tert-OH is 1. The molecule has 1 unspecified atom stereocenters. The molecule has 0 fully saturated rings. The highest BCUT2D eigenvalue weighted by Crippen LogP contribution is 2.05. The van der Waals surface area contributed by atoms with Crippen LogP contribution in [0.15, 0.2) is 5.16 Å². The van der Waals surface area contributed by atoms with Crippen molar-refractivity contribution in [3.8, 4) is 0 Å². The molecule has 0 rings (SSSR count). The van der Waals surface area contributed by atoms with Crippen molar-refractivity contribution in [2.24, 2.45) is 11.1 Å². The molecule has 0 aromatic heterocycles. The van der Waals surface area contributed by atoms with E-state index < -0.39 is 0 Å². The maximum absolute atomic E-state index is 9.15. The lowest BCUT2D eigenvalue weighted by Gasteiger charge is -2.08. The van der Waals surface area contributed by atoms with Crippen LogP contribution in [0.1, 0.15) is 26.7 Å². The summed E-state index contributed by atoms with van der Waals surface area (Å²) >= 11 is 0. The monoisotopic (exact) mass is 145 g/mol. The van der Waals surface area contributed by atoms with Crippen LogP contribution >= 0.6 is 0 Å². The van der Waals surface area contributed by atoms with Crippen LogP contribution in [0, 0.1) is 5.92 Å². The molecule has 2 N–H and O–H groups in total. The number of rotatable bonds is 4. The Kier molecular flexibility index (Phi) is 4.94. The van der Waals surface area contributed by atoms with E-state index in [1.807, 2.05) is 13.8 Å². The molecule has 0 radical (unpaired) electrons. The summed E-state index contributed by atoms with van der Waals surface area (Å²) < 4.78 is 0. The number of nitrogens with zero attached hydrogens (tertiary/aromatic N) is 1. The number of aliphatic hydroxyl groups is 1. The molecule has 3 nitrogen and oxygen atoms in total. The van der Waals surface area contributed by atoms with Crippen LogP contribution in [0.25, 0.3) is 0 Å². The van der Waals surface area contributed by atoms with Gasteiger partial charge >= 0.3 is 0 Å². The fraction of sp³-hybridized carbons (Fsp3) is 0.857. The number of oxime groups is 1. The first kappa shape index (κ1) is 9.43. The average Bonchev–Trinajstić information content (AvgIpc) is 1.82. The van der Waals surface area contributed by atoms with Crippen molar-refractivity contribution in [3.63, 3.8) is 0 Å². The summed E-state index contributed by atoms with van der Waals surface area (Å²) in [6, 6.07) is 0. The van der Waals surface area contributed by atoms with Crippen molar-refractivity contribution < 1.29 is 10.3 Å². The van der Waals surface area contributed by atoms with Gasteiger partial charge in [0.2, 0.25) is 0 Å². The minimum atomic E-state index is -0.365. The van der Waals surface area contributed by atoms with Crippen LogP contribution in [0.3, 0.4) is 0 Å². The van der Waals surface area contributed by atoms with Gasteiger partial charge in [-0.3, -0.25) is 0 Å². The van der Waals surface area contributed by atoms with Crippen LogP contribution in [0.5, 0.6) is 0 Å². The fourth-order valence-electron chi connectivity index (χ4n) is 0.809. The molecule has 0 amide bonds. The van der Waals surface area contributed by atoms with Crippen LogP contribution in [-0.2, 0) is 0 Å². The highest BCUT2D eigenvalue weighted by Gasteiger charge is 2.04. The number of hydrogen-bond acceptors (Lipinski definition) is 3. The van der Waals surface area contributed by atoms with E-state index in [4.69, 9.17) is 10.3 Å². The van der Waals surface area contributed by atoms with Crippen molar-refractivity contribution in [2.75, 3.05) is 0 Å². The van der Waals surface area contributed by atoms with Gasteiger partial charge in [-0.1, -0.05) is 13.8 Å². The minimum absolute atomic E-state index is 0.365. The predicted octanol–water partition coefficient (Wildman–Crippen LogP) is 1.24. The van der Waals surface area contributed by atoms with Crippen molar-refractivity contribution in [3.05, 3.63) is 0 Å². The molecule has 0 aliphatic carbocycles. The second-order valence-electron chi connectivity index (χ2n) is 2.82. The van der Waals surface area contributed by atoms with E-state index in [0.29, 0.717) is 12.3 Å². The first-order valence-electron chi connectivity index (χ1n) is 3.50. The van der Waals surface area contributed by atoms with Crippen LogP contribution in [0.4, 0.5) is 0 Å². The Bertz CT molecular complexity index is 102. The Labute approximate surface area is 61.4 Å². The molecule has 0 saturated carbocycles. The van der Waals surface area contributed by atoms with Gasteiger partial charge in [-0.25, -0.2) is 0 Å². The van der Waals surface area contributed by atoms with Gasteiger partial charge in [0.1, 0.15) is 0 Å². The van der Waals surface area contributed by atoms with Crippen molar-refractivity contribution in [2.45, 2.75) is 32.8 Å². The molecule has 0 bridgehead atoms. The Balaban J connectivity index is 3.33. The van der Waals surface area contributed by atoms with E-state index in [2.05, 4.69) is 5.16 Å². The summed E-state index contributed by atoms with van der Waals surface area (Å²) in [4.78, 5) is 0. The van der Waals surface area contributed by atoms with Crippen molar-refractivity contribution in [1.82, 2.24) is 0 Å². The second-order valence-corrected chi connectivity index (χ2v) is 2.82. The summed E-state index contributed by atoms with van der Waals surface area (Å²) in [6.07, 6.45) is 2.14. The molecule has 0 heterocycles. The van der Waals surface area contributed by atoms with E-state index in [1.165, 1.54) is 6.21 Å². The largest absolute Gasteiger partial charge is 0.411 e. The van der Waals surface area contributed by atoms with E-state index in [9.17, 15) is 0 Å². The van der Waals surface area contributed by atoms with Gasteiger partial charge in [-0.2, -0.15) is 0 Å². The lowest BCUT2D eigenvalue weighted by atomic mass is 10.0. The first-order chi connectivity index (χ1) is 4.66. The van der Waals surface area contributed by atoms with E-state index in [1.54, 1.807) is 0 Å². The topological polar surface area (TPSA) is 52.8 Å². The van der Waals surface area contributed by atoms with Gasteiger partial charge in [-0.05, 0) is 12.3 Å². The molecule has 0 saturated heterocycles. The average molecular weight is 145 g/mol. The van der Waals surface area contributed by atoms with Crippen LogP contribution in [-0.4, -0.2) is 22.6 Å². The molecule has 3 heteroatoms. The summed E-state index contributed by atoms with van der Waals surface area (Å²) in [6.45, 7) is 4.08. The molecule has 0 aliphatic heterocycles. The molecule has 0 aliphatic rings. The molecular weight excluding hydrogens is 130 g/mol. The summed E-state index contributed by atoms with van der Waals surface area (Å²) in [5.41, 5.74) is 0. The van der Waals surface area contributed by atoms with Gasteiger partial charge in [0, 0.05) is 12.6 Å². The summed E-state index contributed by atoms with van der Waals surface area (Å²) in [7, 11) is 0. The van der Waals surface area contributed by atoms with Crippen LogP contribution in [0.2, 0.25) is 0 Å². The normalized spacial score (nSPS) is 14.8. The van der Waals surface area contributed by atoms with Gasteiger partial charge in [0.15, 0.2) is 0 Å². The Morgan fingerprint density at radius 3 is 2.50 bits per heavy atom. The fourth-order valence-corrected chi connectivity index (χ4v) is 0.809. The molecule has 0 aromatic carbocycles. The molecule has 10 heavy (non-hydrogen) atoms. The molecule has 0 spiro atoms. The SMILES string of the molecule is CC(C)CC(O)C/C=N/O. The third kappa shape index (κ3) is 5.56. The predicted molar refractivity (Wildman–Crippen MR) is 40.4 cm³/mol. The third-order valence-corrected chi connectivity index (χ3v) is 1.20. The standard InChI is InChI=1S/C7H15NO2/c1-6(2)5-7(9)3-4-8-10/h4,6-7,9-10H,3,5H2,1-2H3/b8-4+. The Hall–Kier alpha value is -0.570. The zero-order valence-electron chi connectivity index (χ0n) is 6.49. The van der Waals surface area contributed by atoms with Gasteiger partial charge in [-0.15, -0.1) is 5.16 Å². The quantitative estimate of drug-likeness (QED) is 0.355. The molecule has 0 aromatic rings. The Morgan fingerprint density at radius 2 is 2.10 bits per heavy atom. The molecule has 1 atom stereocenters. The number of hydrogen-bond donors (Lipinski definition) is 2. The second kappa shape index (κ2) is 5.23. The summed E-state index contributed by atoms with van der Waals surface area (Å²) in [5, 5.41) is 20.0. The van der Waals surface area contributed by atoms with E-state index >= 15 is 0 Å². The van der Waals surface area contributed by atoms with Crippen molar-refractivity contribution in [1.29, 1.82) is 0 Å². The Morgan fingerprint density at radius 1 is 1.50 bits per heavy atom. The zero-order chi connectivity index (χ0) is 7.98. The smallest absolute Gasteiger partial charge is 0.0593 e. The molecular formula is C7H15NO2. The summed E-state index contributed by atoms with van der Waals surface area (Å²) in [5.74, 6) is 0.488. The van der Waals surface area contributed by atoms with Crippen LogP contribution < -0.4 is 0 Å². The van der Waals surface area contributed by atoms with E-state index in [0.717, 1.165) is 6.42 Å². The molecule has 60 valence electrons. The lowest BCUT2D eigenvalue weighted by molar-refractivity contribution is 0.156. The highest BCUT2D eigenvalue weighted by molar-refractivity contribution is 5.56. The maximum Gasteiger partial charge on any atom is 0.0593 e. The zero-order valence-corrected chi connectivity index (χ0v) is 6.49. The minimum Gasteiger partial charge on any atom is -0.411 e.